The second-order valence-electron chi connectivity index (χ2n) is 10.0. The topological polar surface area (TPSA) is 131 Å². The molecule has 0 bridgehead atoms. The number of aliphatic hydroxyl groups is 1. The van der Waals surface area contributed by atoms with Gasteiger partial charge in [0, 0.05) is 35.5 Å². The summed E-state index contributed by atoms with van der Waals surface area (Å²) < 4.78 is 0. The van der Waals surface area contributed by atoms with E-state index in [9.17, 15) is 14.7 Å². The first-order valence-corrected chi connectivity index (χ1v) is 13.0. The van der Waals surface area contributed by atoms with Crippen molar-refractivity contribution in [1.82, 2.24) is 25.5 Å². The zero-order valence-electron chi connectivity index (χ0n) is 21.5. The average molecular weight is 513 g/mol. The van der Waals surface area contributed by atoms with Crippen molar-refractivity contribution in [3.05, 3.63) is 95.1 Å². The number of fused-ring (bicyclic) bond motifs is 1. The number of nitrogens with one attached hydrogen (secondary N) is 3. The van der Waals surface area contributed by atoms with E-state index >= 15 is 0 Å². The number of hydrogen-bond donors (Lipinski definition) is 4. The number of carbonyl (C=O) groups is 2. The van der Waals surface area contributed by atoms with E-state index in [0.29, 0.717) is 23.1 Å². The number of guanidine groups is 1. The van der Waals surface area contributed by atoms with Crippen LogP contribution < -0.4 is 10.6 Å². The lowest BCUT2D eigenvalue weighted by Crippen LogP contribution is -2.62. The van der Waals surface area contributed by atoms with Crippen LogP contribution in [0.2, 0.25) is 0 Å². The van der Waals surface area contributed by atoms with Gasteiger partial charge in [0.15, 0.2) is 5.96 Å². The second-order valence-corrected chi connectivity index (χ2v) is 10.0. The number of aromatic nitrogens is 2. The van der Waals surface area contributed by atoms with E-state index in [4.69, 9.17) is 5.41 Å². The van der Waals surface area contributed by atoms with Gasteiger partial charge in [-0.2, -0.15) is 0 Å². The Morgan fingerprint density at radius 1 is 1.16 bits per heavy atom. The fourth-order valence-electron chi connectivity index (χ4n) is 5.57. The first kappa shape index (κ1) is 25.5. The summed E-state index contributed by atoms with van der Waals surface area (Å²) in [6, 6.07) is 13.5. The molecule has 0 radical (unpaired) electrons. The van der Waals surface area contributed by atoms with Crippen LogP contribution in [0.1, 0.15) is 77.8 Å². The highest BCUT2D eigenvalue weighted by Crippen LogP contribution is 2.35. The number of hydrogen-bond acceptors (Lipinski definition) is 6. The monoisotopic (exact) mass is 512 g/mol. The molecule has 196 valence electrons. The molecule has 38 heavy (non-hydrogen) atoms. The minimum Gasteiger partial charge on any atom is -0.390 e. The molecule has 3 atom stereocenters. The third kappa shape index (κ3) is 4.65. The van der Waals surface area contributed by atoms with E-state index in [1.54, 1.807) is 30.6 Å². The predicted molar refractivity (Wildman–Crippen MR) is 142 cm³/mol. The molecule has 4 N–H and O–H groups in total. The lowest BCUT2D eigenvalue weighted by atomic mass is 9.85. The van der Waals surface area contributed by atoms with Crippen molar-refractivity contribution < 1.29 is 14.7 Å². The molecular formula is C29H32N6O3. The summed E-state index contributed by atoms with van der Waals surface area (Å²) in [6.45, 7) is 4.02. The van der Waals surface area contributed by atoms with Crippen LogP contribution in [0.25, 0.3) is 0 Å². The van der Waals surface area contributed by atoms with Gasteiger partial charge in [-0.1, -0.05) is 50.2 Å². The van der Waals surface area contributed by atoms with E-state index in [2.05, 4.69) is 20.6 Å². The van der Waals surface area contributed by atoms with Crippen LogP contribution in [0.15, 0.2) is 67.3 Å². The second kappa shape index (κ2) is 10.3. The highest BCUT2D eigenvalue weighted by atomic mass is 16.3. The highest BCUT2D eigenvalue weighted by molar-refractivity contribution is 6.00. The van der Waals surface area contributed by atoms with Crippen molar-refractivity contribution in [2.24, 2.45) is 0 Å². The van der Waals surface area contributed by atoms with Gasteiger partial charge in [0.2, 0.25) is 5.91 Å². The van der Waals surface area contributed by atoms with Crippen molar-refractivity contribution in [3.8, 4) is 0 Å². The quantitative estimate of drug-likeness (QED) is 0.384. The van der Waals surface area contributed by atoms with Crippen molar-refractivity contribution in [2.45, 2.75) is 63.3 Å². The Kier molecular flexibility index (Phi) is 6.94. The van der Waals surface area contributed by atoms with Crippen LogP contribution in [0.4, 0.5) is 0 Å². The van der Waals surface area contributed by atoms with E-state index in [1.807, 2.05) is 44.2 Å². The van der Waals surface area contributed by atoms with Gasteiger partial charge in [-0.25, -0.2) is 9.97 Å². The zero-order valence-corrected chi connectivity index (χ0v) is 21.5. The highest BCUT2D eigenvalue weighted by Gasteiger charge is 2.43. The van der Waals surface area contributed by atoms with Crippen LogP contribution in [0.5, 0.6) is 0 Å². The molecule has 1 aliphatic carbocycles. The molecule has 1 aliphatic heterocycles. The molecule has 2 aliphatic rings. The van der Waals surface area contributed by atoms with Gasteiger partial charge in [0.25, 0.3) is 5.91 Å². The van der Waals surface area contributed by atoms with Crippen LogP contribution in [-0.4, -0.2) is 49.4 Å². The molecule has 9 heteroatoms. The summed E-state index contributed by atoms with van der Waals surface area (Å²) in [5.41, 5.74) is 3.15. The Morgan fingerprint density at radius 2 is 1.89 bits per heavy atom. The largest absolute Gasteiger partial charge is 0.390 e. The number of carbonyl (C=O) groups excluding carboxylic acids is 2. The predicted octanol–water partition coefficient (Wildman–Crippen LogP) is 3.27. The van der Waals surface area contributed by atoms with E-state index in [-0.39, 0.29) is 24.2 Å². The first-order chi connectivity index (χ1) is 18.4. The summed E-state index contributed by atoms with van der Waals surface area (Å²) in [5, 5.41) is 25.6. The van der Waals surface area contributed by atoms with E-state index < -0.39 is 23.7 Å². The molecule has 5 rings (SSSR count). The standard InChI is InChI=1S/C29H32N6O3/c1-3-29(4-2)14-24(37)35(28(30)34-29)26(21-15-31-17-32-16-21)19-9-7-10-20(12-19)27(38)33-25-22-11-6-5-8-18(22)13-23(25)36/h5-12,15-17,23,25-26,36H,3-4,13-14H2,1-2H3,(H2,30,34)(H,33,38)/t23-,25-,26?/m1/s1. The lowest BCUT2D eigenvalue weighted by Gasteiger charge is -2.44. The molecule has 9 nitrogen and oxygen atoms in total. The molecule has 1 saturated heterocycles. The Balaban J connectivity index is 1.47. The third-order valence-corrected chi connectivity index (χ3v) is 7.85. The average Bonchev–Trinajstić information content (AvgIpc) is 3.25. The first-order valence-electron chi connectivity index (χ1n) is 13.0. The van der Waals surface area contributed by atoms with Gasteiger partial charge in [0.1, 0.15) is 6.33 Å². The molecule has 0 saturated carbocycles. The summed E-state index contributed by atoms with van der Waals surface area (Å²) in [6.07, 6.45) is 6.13. The molecule has 1 fully saturated rings. The molecule has 2 aromatic carbocycles. The Labute approximate surface area is 221 Å². The fourth-order valence-corrected chi connectivity index (χ4v) is 5.57. The maximum Gasteiger partial charge on any atom is 0.251 e. The van der Waals surface area contributed by atoms with E-state index in [1.165, 1.54) is 11.2 Å². The van der Waals surface area contributed by atoms with Crippen molar-refractivity contribution in [2.75, 3.05) is 0 Å². The summed E-state index contributed by atoms with van der Waals surface area (Å²) in [5.74, 6) is -0.490. The van der Waals surface area contributed by atoms with Crippen molar-refractivity contribution >= 4 is 17.8 Å². The smallest absolute Gasteiger partial charge is 0.251 e. The molecular weight excluding hydrogens is 480 g/mol. The molecule has 1 unspecified atom stereocenters. The summed E-state index contributed by atoms with van der Waals surface area (Å²) >= 11 is 0. The zero-order chi connectivity index (χ0) is 26.9. The van der Waals surface area contributed by atoms with Gasteiger partial charge in [0.05, 0.1) is 24.6 Å². The lowest BCUT2D eigenvalue weighted by molar-refractivity contribution is -0.132. The summed E-state index contributed by atoms with van der Waals surface area (Å²) in [7, 11) is 0. The molecule has 0 spiro atoms. The number of rotatable bonds is 7. The number of benzene rings is 2. The SMILES string of the molecule is CCC1(CC)CC(=O)N(C(c2cncnc2)c2cccc(C(=O)N[C@@H]3c4ccccc4C[C@H]3O)c2)C(=N)N1. The minimum absolute atomic E-state index is 0.0133. The van der Waals surface area contributed by atoms with Crippen molar-refractivity contribution in [1.29, 1.82) is 5.41 Å². The Morgan fingerprint density at radius 3 is 2.61 bits per heavy atom. The minimum atomic E-state index is -0.705. The van der Waals surface area contributed by atoms with Crippen LogP contribution in [-0.2, 0) is 11.2 Å². The van der Waals surface area contributed by atoms with Gasteiger partial charge in [-0.05, 0) is 41.7 Å². The van der Waals surface area contributed by atoms with E-state index in [0.717, 1.165) is 24.0 Å². The number of amides is 2. The van der Waals surface area contributed by atoms with Crippen molar-refractivity contribution in [3.63, 3.8) is 0 Å². The molecule has 2 heterocycles. The van der Waals surface area contributed by atoms with Gasteiger partial charge >= 0.3 is 0 Å². The maximum atomic E-state index is 13.5. The number of nitrogens with zero attached hydrogens (tertiary/aromatic N) is 3. The van der Waals surface area contributed by atoms with Crippen LogP contribution in [0, 0.1) is 5.41 Å². The van der Waals surface area contributed by atoms with Crippen LogP contribution in [0.3, 0.4) is 0 Å². The molecule has 1 aromatic heterocycles. The fraction of sp³-hybridized carbons (Fsp3) is 0.345. The molecule has 2 amide bonds. The number of aliphatic hydroxyl groups excluding tert-OH is 1. The Hall–Kier alpha value is -4.11. The molecule has 3 aromatic rings. The van der Waals surface area contributed by atoms with Gasteiger partial charge in [-0.3, -0.25) is 19.9 Å². The third-order valence-electron chi connectivity index (χ3n) is 7.85. The maximum absolute atomic E-state index is 13.5. The van der Waals surface area contributed by atoms with Crippen LogP contribution >= 0.6 is 0 Å². The van der Waals surface area contributed by atoms with Gasteiger partial charge < -0.3 is 15.7 Å². The Bertz CT molecular complexity index is 1340. The normalized spacial score (nSPS) is 21.0. The van der Waals surface area contributed by atoms with Gasteiger partial charge in [-0.15, -0.1) is 0 Å². The summed E-state index contributed by atoms with van der Waals surface area (Å²) in [4.78, 5) is 36.6.